The van der Waals surface area contributed by atoms with E-state index in [4.69, 9.17) is 4.99 Å². The molecular weight excluding hydrogens is 294 g/mol. The Kier molecular flexibility index (Phi) is 3.69. The molecule has 0 aliphatic carbocycles. The first-order valence-electron chi connectivity index (χ1n) is 7.95. The van der Waals surface area contributed by atoms with Gasteiger partial charge in [0.25, 0.3) is 0 Å². The molecule has 116 valence electrons. The lowest BCUT2D eigenvalue weighted by molar-refractivity contribution is -0.645. The van der Waals surface area contributed by atoms with Gasteiger partial charge in [0, 0.05) is 11.8 Å². The van der Waals surface area contributed by atoms with Gasteiger partial charge in [-0.25, -0.2) is 4.90 Å². The van der Waals surface area contributed by atoms with E-state index in [1.807, 2.05) is 24.3 Å². The highest BCUT2D eigenvalue weighted by Crippen LogP contribution is 2.28. The molecule has 0 amide bonds. The van der Waals surface area contributed by atoms with E-state index in [9.17, 15) is 0 Å². The summed E-state index contributed by atoms with van der Waals surface area (Å²) in [6, 6.07) is 27.0. The number of benzene rings is 3. The van der Waals surface area contributed by atoms with Crippen molar-refractivity contribution in [3.8, 4) is 0 Å². The minimum absolute atomic E-state index is 1.02. The maximum Gasteiger partial charge on any atom is 0.244 e. The number of amidine groups is 1. The molecule has 0 bridgehead atoms. The van der Waals surface area contributed by atoms with Crippen LogP contribution in [0.15, 0.2) is 96.6 Å². The zero-order valence-electron chi connectivity index (χ0n) is 13.2. The number of quaternary nitrogens is 1. The standard InChI is InChI=1S/C21H17N3/c1-2-22-17-14-12-16(13-15-17)21-23-19-10-6-7-11-20(19)24(21)18-8-4-3-5-9-18/h2-15,22H,1H2/p+1. The fraction of sp³-hybridized carbons (Fsp3) is 0. The van der Waals surface area contributed by atoms with Crippen LogP contribution in [0, 0.1) is 0 Å². The van der Waals surface area contributed by atoms with E-state index in [0.717, 1.165) is 22.8 Å². The number of nitrogens with one attached hydrogen (secondary N) is 2. The zero-order chi connectivity index (χ0) is 16.4. The lowest BCUT2D eigenvalue weighted by atomic mass is 10.1. The minimum atomic E-state index is 1.02. The van der Waals surface area contributed by atoms with Crippen LogP contribution >= 0.6 is 0 Å². The molecule has 0 aromatic heterocycles. The van der Waals surface area contributed by atoms with Crippen molar-refractivity contribution >= 4 is 28.6 Å². The number of para-hydroxylation sites is 3. The number of hydrogen-bond acceptors (Lipinski definition) is 2. The van der Waals surface area contributed by atoms with E-state index in [1.54, 1.807) is 6.20 Å². The monoisotopic (exact) mass is 312 g/mol. The van der Waals surface area contributed by atoms with Crippen LogP contribution in [0.4, 0.5) is 22.7 Å². The van der Waals surface area contributed by atoms with E-state index in [1.165, 1.54) is 16.3 Å². The van der Waals surface area contributed by atoms with Crippen molar-refractivity contribution in [1.82, 2.24) is 0 Å². The van der Waals surface area contributed by atoms with E-state index in [0.29, 0.717) is 0 Å². The lowest BCUT2D eigenvalue weighted by Gasteiger charge is -2.15. The molecular formula is C21H18N3+. The molecule has 1 aliphatic rings. The predicted octanol–water partition coefficient (Wildman–Crippen LogP) is 4.18. The first-order valence-corrected chi connectivity index (χ1v) is 7.95. The van der Waals surface area contributed by atoms with Gasteiger partial charge in [-0.15, -0.1) is 0 Å². The van der Waals surface area contributed by atoms with Crippen LogP contribution < -0.4 is 10.2 Å². The zero-order valence-corrected chi connectivity index (χ0v) is 13.2. The highest BCUT2D eigenvalue weighted by molar-refractivity contribution is 6.00. The van der Waals surface area contributed by atoms with E-state index < -0.39 is 0 Å². The second-order valence-electron chi connectivity index (χ2n) is 5.64. The van der Waals surface area contributed by atoms with E-state index >= 15 is 0 Å². The lowest BCUT2D eigenvalue weighted by Crippen LogP contribution is -3.04. The third-order valence-electron chi connectivity index (χ3n) is 4.13. The summed E-state index contributed by atoms with van der Waals surface area (Å²) in [5.41, 5.74) is 5.53. The topological polar surface area (TPSA) is 28.8 Å². The molecule has 0 saturated heterocycles. The second kappa shape index (κ2) is 6.14. The van der Waals surface area contributed by atoms with Crippen LogP contribution in [0.1, 0.15) is 5.56 Å². The van der Waals surface area contributed by atoms with Crippen molar-refractivity contribution in [2.75, 3.05) is 5.32 Å². The second-order valence-corrected chi connectivity index (χ2v) is 5.64. The molecule has 0 spiro atoms. The number of anilines is 1. The Hall–Kier alpha value is -3.17. The van der Waals surface area contributed by atoms with Crippen LogP contribution in [0.5, 0.6) is 0 Å². The summed E-state index contributed by atoms with van der Waals surface area (Å²) in [5, 5.41) is 3.10. The fourth-order valence-corrected chi connectivity index (χ4v) is 3.03. The fourth-order valence-electron chi connectivity index (χ4n) is 3.03. The van der Waals surface area contributed by atoms with Gasteiger partial charge >= 0.3 is 0 Å². The summed E-state index contributed by atoms with van der Waals surface area (Å²) in [5.74, 6) is 1.02. The van der Waals surface area contributed by atoms with Crippen LogP contribution in [-0.4, -0.2) is 5.84 Å². The molecule has 0 saturated carbocycles. The summed E-state index contributed by atoms with van der Waals surface area (Å²) >= 11 is 0. The van der Waals surface area contributed by atoms with Gasteiger partial charge in [-0.2, -0.15) is 4.99 Å². The summed E-state index contributed by atoms with van der Waals surface area (Å²) in [7, 11) is 0. The molecule has 1 unspecified atom stereocenters. The Morgan fingerprint density at radius 1 is 0.833 bits per heavy atom. The van der Waals surface area contributed by atoms with Crippen LogP contribution in [0.2, 0.25) is 0 Å². The van der Waals surface area contributed by atoms with Crippen molar-refractivity contribution in [3.63, 3.8) is 0 Å². The average molecular weight is 312 g/mol. The van der Waals surface area contributed by atoms with Gasteiger partial charge in [0.2, 0.25) is 5.84 Å². The Labute approximate surface area is 141 Å². The molecule has 3 aromatic rings. The summed E-state index contributed by atoms with van der Waals surface area (Å²) < 4.78 is 0. The average Bonchev–Trinajstić information content (AvgIpc) is 3.03. The van der Waals surface area contributed by atoms with E-state index in [-0.39, 0.29) is 0 Å². The number of hydrogen-bond donors (Lipinski definition) is 2. The van der Waals surface area contributed by atoms with Crippen molar-refractivity contribution in [1.29, 1.82) is 0 Å². The van der Waals surface area contributed by atoms with Gasteiger partial charge in [-0.05, 0) is 48.7 Å². The molecule has 3 heteroatoms. The molecule has 1 heterocycles. The summed E-state index contributed by atoms with van der Waals surface area (Å²) in [4.78, 5) is 6.08. The van der Waals surface area contributed by atoms with Crippen LogP contribution in [-0.2, 0) is 0 Å². The van der Waals surface area contributed by atoms with Gasteiger partial charge in [-0.1, -0.05) is 36.9 Å². The smallest absolute Gasteiger partial charge is 0.244 e. The first-order chi connectivity index (χ1) is 11.9. The Morgan fingerprint density at radius 2 is 1.54 bits per heavy atom. The Bertz CT molecular complexity index is 896. The third-order valence-corrected chi connectivity index (χ3v) is 4.13. The first kappa shape index (κ1) is 14.4. The Balaban J connectivity index is 1.80. The van der Waals surface area contributed by atoms with Gasteiger partial charge in [0.15, 0.2) is 5.69 Å². The molecule has 3 aromatic carbocycles. The van der Waals surface area contributed by atoms with Crippen molar-refractivity contribution in [2.24, 2.45) is 4.99 Å². The minimum Gasteiger partial charge on any atom is -0.362 e. The maximum absolute atomic E-state index is 4.89. The van der Waals surface area contributed by atoms with Crippen molar-refractivity contribution in [3.05, 3.63) is 97.2 Å². The largest absolute Gasteiger partial charge is 0.362 e. The molecule has 0 radical (unpaired) electrons. The molecule has 1 aliphatic heterocycles. The number of fused-ring (bicyclic) bond motifs is 1. The van der Waals surface area contributed by atoms with Gasteiger partial charge in [-0.3, -0.25) is 0 Å². The summed E-state index contributed by atoms with van der Waals surface area (Å²) in [6.45, 7) is 3.70. The molecule has 1 atom stereocenters. The highest BCUT2D eigenvalue weighted by atomic mass is 15.2. The van der Waals surface area contributed by atoms with Crippen LogP contribution in [0.25, 0.3) is 0 Å². The number of nitrogens with zero attached hydrogens (tertiary/aromatic N) is 1. The molecule has 3 nitrogen and oxygen atoms in total. The Morgan fingerprint density at radius 3 is 2.29 bits per heavy atom. The highest BCUT2D eigenvalue weighted by Gasteiger charge is 2.32. The van der Waals surface area contributed by atoms with Crippen molar-refractivity contribution in [2.45, 2.75) is 0 Å². The van der Waals surface area contributed by atoms with Crippen molar-refractivity contribution < 1.29 is 4.90 Å². The van der Waals surface area contributed by atoms with Gasteiger partial charge in [0.1, 0.15) is 11.4 Å². The predicted molar refractivity (Wildman–Crippen MR) is 99.6 cm³/mol. The number of aliphatic imine (C=N–C) groups is 1. The molecule has 4 rings (SSSR count). The van der Waals surface area contributed by atoms with Gasteiger partial charge in [0.05, 0.1) is 5.56 Å². The third kappa shape index (κ3) is 2.51. The molecule has 2 N–H and O–H groups in total. The quantitative estimate of drug-likeness (QED) is 0.743. The maximum atomic E-state index is 4.89. The van der Waals surface area contributed by atoms with Gasteiger partial charge < -0.3 is 5.32 Å². The SMILES string of the molecule is C=CNc1ccc(C2=Nc3ccccc3[NH+]2c2ccccc2)cc1. The van der Waals surface area contributed by atoms with Crippen LogP contribution in [0.3, 0.4) is 0 Å². The molecule has 0 fully saturated rings. The number of rotatable bonds is 4. The summed E-state index contributed by atoms with van der Waals surface area (Å²) in [6.07, 6.45) is 1.68. The molecule has 24 heavy (non-hydrogen) atoms. The van der Waals surface area contributed by atoms with E-state index in [2.05, 4.69) is 66.5 Å². The normalized spacial score (nSPS) is 15.5.